The molecule has 3 rings (SSSR count). The Morgan fingerprint density at radius 1 is 1.16 bits per heavy atom. The number of alkyl halides is 1. The normalized spacial score (nSPS) is 24.3. The van der Waals surface area contributed by atoms with Crippen LogP contribution in [-0.2, 0) is 5.33 Å². The Kier molecular flexibility index (Phi) is 4.11. The van der Waals surface area contributed by atoms with Gasteiger partial charge in [-0.05, 0) is 55.4 Å². The fraction of sp³-hybridized carbons (Fsp3) is 0.625. The number of rotatable bonds is 3. The molecule has 0 aromatic heterocycles. The molecule has 1 saturated carbocycles. The Hall–Kier alpha value is -0.570. The van der Waals surface area contributed by atoms with Gasteiger partial charge in [0.15, 0.2) is 0 Å². The molecule has 1 heterocycles. The van der Waals surface area contributed by atoms with Crippen LogP contribution in [0, 0.1) is 11.7 Å². The van der Waals surface area contributed by atoms with Crippen LogP contribution >= 0.6 is 15.9 Å². The number of nitrogens with zero attached hydrogens (tertiary/aromatic N) is 1. The van der Waals surface area contributed by atoms with Crippen LogP contribution in [-0.4, -0.2) is 12.6 Å². The quantitative estimate of drug-likeness (QED) is 0.716. The molecule has 0 spiro atoms. The summed E-state index contributed by atoms with van der Waals surface area (Å²) in [5.74, 6) is 0.727. The largest absolute Gasteiger partial charge is 0.368 e. The standard InChI is InChI=1S/C16H21BrFN/c17-11-13-10-14(18)7-8-16(13)19-9-3-6-15(19)12-4-1-2-5-12/h7-8,10,12,15H,1-6,9,11H2. The SMILES string of the molecule is Fc1ccc(N2CCCC2C2CCCC2)c(CBr)c1. The maximum absolute atomic E-state index is 13.4. The molecule has 1 nitrogen and oxygen atoms in total. The van der Waals surface area contributed by atoms with Gasteiger partial charge in [-0.15, -0.1) is 0 Å². The Morgan fingerprint density at radius 2 is 1.95 bits per heavy atom. The van der Waals surface area contributed by atoms with Crippen LogP contribution in [0.4, 0.5) is 10.1 Å². The minimum absolute atomic E-state index is 0.130. The first kappa shape index (κ1) is 13.4. The van der Waals surface area contributed by atoms with Crippen molar-refractivity contribution in [3.8, 4) is 0 Å². The van der Waals surface area contributed by atoms with E-state index in [2.05, 4.69) is 20.8 Å². The monoisotopic (exact) mass is 325 g/mol. The van der Waals surface area contributed by atoms with Crippen LogP contribution < -0.4 is 4.90 Å². The molecule has 0 bridgehead atoms. The van der Waals surface area contributed by atoms with E-state index < -0.39 is 0 Å². The fourth-order valence-electron chi connectivity index (χ4n) is 3.87. The van der Waals surface area contributed by atoms with E-state index in [0.717, 1.165) is 23.4 Å². The van der Waals surface area contributed by atoms with Crippen molar-refractivity contribution in [2.45, 2.75) is 49.9 Å². The average molecular weight is 326 g/mol. The van der Waals surface area contributed by atoms with Crippen molar-refractivity contribution in [1.29, 1.82) is 0 Å². The molecule has 2 aliphatic rings. The molecule has 104 valence electrons. The maximum atomic E-state index is 13.4. The second kappa shape index (κ2) is 5.82. The fourth-order valence-corrected chi connectivity index (χ4v) is 4.31. The van der Waals surface area contributed by atoms with Gasteiger partial charge in [0, 0.05) is 23.6 Å². The van der Waals surface area contributed by atoms with Crippen LogP contribution in [0.15, 0.2) is 18.2 Å². The highest BCUT2D eigenvalue weighted by Crippen LogP contribution is 2.39. The number of halogens is 2. The second-order valence-corrected chi connectivity index (χ2v) is 6.41. The highest BCUT2D eigenvalue weighted by Gasteiger charge is 2.34. The van der Waals surface area contributed by atoms with Crippen molar-refractivity contribution < 1.29 is 4.39 Å². The van der Waals surface area contributed by atoms with Crippen LogP contribution in [0.1, 0.15) is 44.1 Å². The highest BCUT2D eigenvalue weighted by molar-refractivity contribution is 9.08. The van der Waals surface area contributed by atoms with Crippen LogP contribution in [0.25, 0.3) is 0 Å². The molecule has 1 aliphatic carbocycles. The van der Waals surface area contributed by atoms with E-state index in [1.54, 1.807) is 12.1 Å². The van der Waals surface area contributed by atoms with E-state index in [-0.39, 0.29) is 5.82 Å². The first-order valence-electron chi connectivity index (χ1n) is 7.40. The molecule has 0 N–H and O–H groups in total. The van der Waals surface area contributed by atoms with Gasteiger partial charge in [0.1, 0.15) is 5.82 Å². The first-order valence-corrected chi connectivity index (χ1v) is 8.53. The van der Waals surface area contributed by atoms with E-state index in [9.17, 15) is 4.39 Å². The van der Waals surface area contributed by atoms with Gasteiger partial charge in [-0.2, -0.15) is 0 Å². The Bertz CT molecular complexity index is 442. The molecule has 1 aliphatic heterocycles. The predicted molar refractivity (Wildman–Crippen MR) is 81.4 cm³/mol. The Labute approximate surface area is 123 Å². The summed E-state index contributed by atoms with van der Waals surface area (Å²) in [6.07, 6.45) is 8.13. The second-order valence-electron chi connectivity index (χ2n) is 5.85. The number of hydrogen-bond acceptors (Lipinski definition) is 1. The summed E-state index contributed by atoms with van der Waals surface area (Å²) in [6.45, 7) is 1.13. The van der Waals surface area contributed by atoms with Crippen LogP contribution in [0.2, 0.25) is 0 Å². The third kappa shape index (κ3) is 2.67. The smallest absolute Gasteiger partial charge is 0.123 e. The molecule has 1 aromatic carbocycles. The zero-order valence-corrected chi connectivity index (χ0v) is 12.8. The molecule has 1 aromatic rings. The topological polar surface area (TPSA) is 3.24 Å². The number of anilines is 1. The summed E-state index contributed by atoms with van der Waals surface area (Å²) in [6, 6.07) is 5.93. The van der Waals surface area contributed by atoms with E-state index in [0.29, 0.717) is 6.04 Å². The lowest BCUT2D eigenvalue weighted by molar-refractivity contribution is 0.430. The van der Waals surface area contributed by atoms with Gasteiger partial charge in [0.2, 0.25) is 0 Å². The Morgan fingerprint density at radius 3 is 2.68 bits per heavy atom. The molecular formula is C16H21BrFN. The summed E-state index contributed by atoms with van der Waals surface area (Å²) < 4.78 is 13.4. The minimum Gasteiger partial charge on any atom is -0.368 e. The predicted octanol–water partition coefficient (Wildman–Crippen LogP) is 4.88. The molecule has 1 unspecified atom stereocenters. The summed E-state index contributed by atoms with van der Waals surface area (Å²) in [4.78, 5) is 2.55. The zero-order chi connectivity index (χ0) is 13.2. The van der Waals surface area contributed by atoms with Crippen molar-refractivity contribution in [2.24, 2.45) is 5.92 Å². The van der Waals surface area contributed by atoms with E-state index >= 15 is 0 Å². The zero-order valence-electron chi connectivity index (χ0n) is 11.2. The molecule has 0 amide bonds. The summed E-state index contributed by atoms with van der Waals surface area (Å²) in [5, 5.41) is 0.730. The summed E-state index contributed by atoms with van der Waals surface area (Å²) in [7, 11) is 0. The van der Waals surface area contributed by atoms with Crippen molar-refractivity contribution in [3.63, 3.8) is 0 Å². The third-order valence-corrected chi connectivity index (χ3v) is 5.34. The molecule has 3 heteroatoms. The molecule has 1 saturated heterocycles. The van der Waals surface area contributed by atoms with Gasteiger partial charge in [-0.3, -0.25) is 0 Å². The molecule has 0 radical (unpaired) electrons. The van der Waals surface area contributed by atoms with Crippen LogP contribution in [0.5, 0.6) is 0 Å². The van der Waals surface area contributed by atoms with E-state index in [1.165, 1.54) is 44.2 Å². The maximum Gasteiger partial charge on any atom is 0.123 e. The Balaban J connectivity index is 1.87. The molecule has 2 fully saturated rings. The van der Waals surface area contributed by atoms with Crippen molar-refractivity contribution in [3.05, 3.63) is 29.6 Å². The van der Waals surface area contributed by atoms with Crippen molar-refractivity contribution in [1.82, 2.24) is 0 Å². The van der Waals surface area contributed by atoms with E-state index in [4.69, 9.17) is 0 Å². The number of hydrogen-bond donors (Lipinski definition) is 0. The lowest BCUT2D eigenvalue weighted by Gasteiger charge is -2.32. The van der Waals surface area contributed by atoms with Gasteiger partial charge < -0.3 is 4.90 Å². The van der Waals surface area contributed by atoms with Gasteiger partial charge in [0.05, 0.1) is 0 Å². The first-order chi connectivity index (χ1) is 9.29. The minimum atomic E-state index is -0.130. The molecule has 1 atom stereocenters. The highest BCUT2D eigenvalue weighted by atomic mass is 79.9. The molecule has 19 heavy (non-hydrogen) atoms. The summed E-state index contributed by atoms with van der Waals surface area (Å²) in [5.41, 5.74) is 2.33. The lowest BCUT2D eigenvalue weighted by atomic mass is 9.95. The summed E-state index contributed by atoms with van der Waals surface area (Å²) >= 11 is 3.50. The lowest BCUT2D eigenvalue weighted by Crippen LogP contribution is -2.35. The van der Waals surface area contributed by atoms with Gasteiger partial charge in [-0.25, -0.2) is 4.39 Å². The van der Waals surface area contributed by atoms with Gasteiger partial charge >= 0.3 is 0 Å². The van der Waals surface area contributed by atoms with Gasteiger partial charge in [0.25, 0.3) is 0 Å². The van der Waals surface area contributed by atoms with Crippen molar-refractivity contribution >= 4 is 21.6 Å². The van der Waals surface area contributed by atoms with Gasteiger partial charge in [-0.1, -0.05) is 28.8 Å². The molecular weight excluding hydrogens is 305 g/mol. The van der Waals surface area contributed by atoms with Crippen LogP contribution in [0.3, 0.4) is 0 Å². The van der Waals surface area contributed by atoms with E-state index in [1.807, 2.05) is 6.07 Å². The van der Waals surface area contributed by atoms with Crippen molar-refractivity contribution in [2.75, 3.05) is 11.4 Å². The third-order valence-electron chi connectivity index (χ3n) is 4.74. The average Bonchev–Trinajstić information content (AvgIpc) is 3.08. The number of benzene rings is 1.